The molecule has 0 aliphatic carbocycles. The highest BCUT2D eigenvalue weighted by Crippen LogP contribution is 2.29. The zero-order valence-electron chi connectivity index (χ0n) is 9.31. The van der Waals surface area contributed by atoms with Gasteiger partial charge in [-0.2, -0.15) is 4.37 Å². The van der Waals surface area contributed by atoms with Crippen molar-refractivity contribution < 1.29 is 0 Å². The number of fused-ring (bicyclic) bond motifs is 1. The lowest BCUT2D eigenvalue weighted by Gasteiger charge is -2.32. The molecule has 2 aromatic rings. The molecule has 3 nitrogen and oxygen atoms in total. The molecule has 4 heteroatoms. The van der Waals surface area contributed by atoms with Crippen molar-refractivity contribution in [1.29, 1.82) is 0 Å². The van der Waals surface area contributed by atoms with Crippen molar-refractivity contribution in [3.05, 3.63) is 24.3 Å². The Morgan fingerprint density at radius 3 is 3.19 bits per heavy atom. The number of nitrogens with one attached hydrogen (secondary N) is 1. The Balaban J connectivity index is 1.99. The maximum atomic E-state index is 4.59. The minimum Gasteiger partial charge on any atom is -0.352 e. The fraction of sp³-hybridized carbons (Fsp3) is 0.417. The lowest BCUT2D eigenvalue weighted by atomic mass is 10.2. The van der Waals surface area contributed by atoms with E-state index in [1.165, 1.54) is 10.1 Å². The molecule has 0 radical (unpaired) electrons. The summed E-state index contributed by atoms with van der Waals surface area (Å²) in [6, 6.07) is 9.02. The van der Waals surface area contributed by atoms with Gasteiger partial charge in [0, 0.05) is 31.1 Å². The van der Waals surface area contributed by atoms with Crippen molar-refractivity contribution >= 4 is 27.4 Å². The SMILES string of the molecule is C[C@H]1CN(c2nsc3ccccc23)CCN1. The van der Waals surface area contributed by atoms with E-state index >= 15 is 0 Å². The molecule has 1 aromatic heterocycles. The maximum absolute atomic E-state index is 4.59. The highest BCUT2D eigenvalue weighted by atomic mass is 32.1. The summed E-state index contributed by atoms with van der Waals surface area (Å²) in [5.74, 6) is 1.16. The van der Waals surface area contributed by atoms with Crippen molar-refractivity contribution in [2.24, 2.45) is 0 Å². The first-order chi connectivity index (χ1) is 7.84. The fourth-order valence-electron chi connectivity index (χ4n) is 2.23. The summed E-state index contributed by atoms with van der Waals surface area (Å²) in [5, 5.41) is 4.75. The van der Waals surface area contributed by atoms with E-state index in [0.29, 0.717) is 6.04 Å². The molecule has 0 bridgehead atoms. The van der Waals surface area contributed by atoms with Crippen LogP contribution in [-0.2, 0) is 0 Å². The van der Waals surface area contributed by atoms with Gasteiger partial charge in [0.2, 0.25) is 0 Å². The van der Waals surface area contributed by atoms with Crippen LogP contribution < -0.4 is 10.2 Å². The van der Waals surface area contributed by atoms with Gasteiger partial charge in [-0.3, -0.25) is 0 Å². The van der Waals surface area contributed by atoms with Crippen molar-refractivity contribution in [2.45, 2.75) is 13.0 Å². The second kappa shape index (κ2) is 4.03. The highest BCUT2D eigenvalue weighted by Gasteiger charge is 2.19. The molecule has 84 valence electrons. The Kier molecular flexibility index (Phi) is 2.53. The van der Waals surface area contributed by atoms with Gasteiger partial charge in [-0.25, -0.2) is 0 Å². The lowest BCUT2D eigenvalue weighted by Crippen LogP contribution is -2.49. The fourth-order valence-corrected chi connectivity index (χ4v) is 3.02. The molecular formula is C12H15N3S. The first-order valence-corrected chi connectivity index (χ1v) is 6.44. The summed E-state index contributed by atoms with van der Waals surface area (Å²) in [4.78, 5) is 2.39. The monoisotopic (exact) mass is 233 g/mol. The quantitative estimate of drug-likeness (QED) is 0.817. The van der Waals surface area contributed by atoms with E-state index in [2.05, 4.69) is 45.8 Å². The number of anilines is 1. The Labute approximate surface area is 99.2 Å². The van der Waals surface area contributed by atoms with Crippen molar-refractivity contribution in [3.63, 3.8) is 0 Å². The first kappa shape index (κ1) is 10.1. The number of nitrogens with zero attached hydrogens (tertiary/aromatic N) is 2. The molecule has 1 N–H and O–H groups in total. The number of piperazine rings is 1. The number of benzene rings is 1. The predicted octanol–water partition coefficient (Wildman–Crippen LogP) is 2.09. The van der Waals surface area contributed by atoms with Gasteiger partial charge in [-0.05, 0) is 30.6 Å². The van der Waals surface area contributed by atoms with Crippen LogP contribution in [0, 0.1) is 0 Å². The number of rotatable bonds is 1. The zero-order valence-corrected chi connectivity index (χ0v) is 10.1. The third-order valence-corrected chi connectivity index (χ3v) is 3.84. The maximum Gasteiger partial charge on any atom is 0.150 e. The van der Waals surface area contributed by atoms with E-state index in [1.54, 1.807) is 11.5 Å². The van der Waals surface area contributed by atoms with Gasteiger partial charge in [-0.1, -0.05) is 12.1 Å². The Morgan fingerprint density at radius 1 is 1.44 bits per heavy atom. The molecule has 1 aromatic carbocycles. The van der Waals surface area contributed by atoms with Crippen LogP contribution in [0.15, 0.2) is 24.3 Å². The number of hydrogen-bond acceptors (Lipinski definition) is 4. The van der Waals surface area contributed by atoms with E-state index < -0.39 is 0 Å². The number of hydrogen-bond donors (Lipinski definition) is 1. The van der Waals surface area contributed by atoms with Crippen molar-refractivity contribution in [2.75, 3.05) is 24.5 Å². The van der Waals surface area contributed by atoms with E-state index in [1.807, 2.05) is 0 Å². The highest BCUT2D eigenvalue weighted by molar-refractivity contribution is 7.13. The molecule has 0 saturated carbocycles. The average Bonchev–Trinajstić information content (AvgIpc) is 2.72. The Bertz CT molecular complexity index is 494. The molecule has 3 rings (SSSR count). The number of aromatic nitrogens is 1. The average molecular weight is 233 g/mol. The Morgan fingerprint density at radius 2 is 2.31 bits per heavy atom. The molecule has 0 unspecified atom stereocenters. The zero-order chi connectivity index (χ0) is 11.0. The van der Waals surface area contributed by atoms with Gasteiger partial charge in [0.05, 0.1) is 4.70 Å². The molecule has 0 amide bonds. The first-order valence-electron chi connectivity index (χ1n) is 5.67. The van der Waals surface area contributed by atoms with Gasteiger partial charge >= 0.3 is 0 Å². The molecule has 16 heavy (non-hydrogen) atoms. The molecule has 1 aliphatic rings. The third kappa shape index (κ3) is 1.68. The third-order valence-electron chi connectivity index (χ3n) is 3.03. The minimum absolute atomic E-state index is 0.550. The van der Waals surface area contributed by atoms with Crippen LogP contribution in [0.4, 0.5) is 5.82 Å². The second-order valence-electron chi connectivity index (χ2n) is 4.30. The summed E-state index contributed by atoms with van der Waals surface area (Å²) in [7, 11) is 0. The summed E-state index contributed by atoms with van der Waals surface area (Å²) >= 11 is 1.60. The van der Waals surface area contributed by atoms with Crippen LogP contribution in [-0.4, -0.2) is 30.0 Å². The van der Waals surface area contributed by atoms with E-state index in [-0.39, 0.29) is 0 Å². The Hall–Kier alpha value is -1.13. The second-order valence-corrected chi connectivity index (χ2v) is 5.11. The van der Waals surface area contributed by atoms with Crippen molar-refractivity contribution in [3.8, 4) is 0 Å². The molecule has 1 atom stereocenters. The molecule has 0 spiro atoms. The van der Waals surface area contributed by atoms with E-state index in [0.717, 1.165) is 25.5 Å². The molecule has 1 aliphatic heterocycles. The standard InChI is InChI=1S/C12H15N3S/c1-9-8-15(7-6-13-9)12-10-4-2-3-5-11(10)16-14-12/h2-5,9,13H,6-8H2,1H3/t9-/m0/s1. The van der Waals surface area contributed by atoms with Crippen LogP contribution in [0.2, 0.25) is 0 Å². The van der Waals surface area contributed by atoms with Gasteiger partial charge in [0.25, 0.3) is 0 Å². The summed E-state index contributed by atoms with van der Waals surface area (Å²) in [6.07, 6.45) is 0. The van der Waals surface area contributed by atoms with Crippen LogP contribution in [0.3, 0.4) is 0 Å². The smallest absolute Gasteiger partial charge is 0.150 e. The van der Waals surface area contributed by atoms with Crippen LogP contribution >= 0.6 is 11.5 Å². The van der Waals surface area contributed by atoms with Crippen molar-refractivity contribution in [1.82, 2.24) is 9.69 Å². The molecule has 1 fully saturated rings. The van der Waals surface area contributed by atoms with Crippen LogP contribution in [0.1, 0.15) is 6.92 Å². The van der Waals surface area contributed by atoms with E-state index in [4.69, 9.17) is 0 Å². The topological polar surface area (TPSA) is 28.2 Å². The van der Waals surface area contributed by atoms with Gasteiger partial charge < -0.3 is 10.2 Å². The largest absolute Gasteiger partial charge is 0.352 e. The summed E-state index contributed by atoms with van der Waals surface area (Å²) < 4.78 is 5.87. The van der Waals surface area contributed by atoms with Gasteiger partial charge in [0.1, 0.15) is 5.82 Å². The van der Waals surface area contributed by atoms with Crippen LogP contribution in [0.25, 0.3) is 10.1 Å². The molecule has 2 heterocycles. The van der Waals surface area contributed by atoms with E-state index in [9.17, 15) is 0 Å². The summed E-state index contributed by atoms with van der Waals surface area (Å²) in [5.41, 5.74) is 0. The molecular weight excluding hydrogens is 218 g/mol. The normalized spacial score (nSPS) is 21.6. The van der Waals surface area contributed by atoms with Crippen LogP contribution in [0.5, 0.6) is 0 Å². The summed E-state index contributed by atoms with van der Waals surface area (Å²) in [6.45, 7) is 5.37. The minimum atomic E-state index is 0.550. The lowest BCUT2D eigenvalue weighted by molar-refractivity contribution is 0.484. The van der Waals surface area contributed by atoms with Gasteiger partial charge in [0.15, 0.2) is 0 Å². The molecule has 1 saturated heterocycles. The predicted molar refractivity (Wildman–Crippen MR) is 69.3 cm³/mol. The van der Waals surface area contributed by atoms with Gasteiger partial charge in [-0.15, -0.1) is 0 Å².